The fourth-order valence-electron chi connectivity index (χ4n) is 1.25. The number of hydrogen-bond acceptors (Lipinski definition) is 4. The van der Waals surface area contributed by atoms with Gasteiger partial charge in [0.25, 0.3) is 0 Å². The van der Waals surface area contributed by atoms with Crippen LogP contribution in [0.4, 0.5) is 0 Å². The molecule has 4 heteroatoms. The quantitative estimate of drug-likeness (QED) is 0.389. The first-order chi connectivity index (χ1) is 8.01. The minimum Gasteiger partial charge on any atom is -0.462 e. The average Bonchev–Trinajstić information content (AvgIpc) is 2.27. The lowest BCUT2D eigenvalue weighted by molar-refractivity contribution is -0.140. The molecular formula is C13H21NO3. The highest BCUT2D eigenvalue weighted by molar-refractivity contribution is 5.88. The van der Waals surface area contributed by atoms with Crippen molar-refractivity contribution in [1.29, 1.82) is 5.26 Å². The number of rotatable bonds is 7. The molecule has 0 saturated carbocycles. The van der Waals surface area contributed by atoms with Crippen molar-refractivity contribution < 1.29 is 14.3 Å². The molecule has 4 nitrogen and oxygen atoms in total. The molecule has 0 heterocycles. The third-order valence-corrected chi connectivity index (χ3v) is 2.29. The number of nitrogens with zero attached hydrogens (tertiary/aromatic N) is 1. The maximum Gasteiger partial charge on any atom is 0.334 e. The summed E-state index contributed by atoms with van der Waals surface area (Å²) in [5, 5.41) is 8.60. The number of hydrogen-bond donors (Lipinski definition) is 0. The Labute approximate surface area is 103 Å². The maximum absolute atomic E-state index is 11.7. The lowest BCUT2D eigenvalue weighted by Crippen LogP contribution is -2.15. The van der Waals surface area contributed by atoms with Crippen LogP contribution in [0.1, 0.15) is 33.6 Å². The van der Waals surface area contributed by atoms with E-state index >= 15 is 0 Å². The summed E-state index contributed by atoms with van der Waals surface area (Å²) in [4.78, 5) is 11.7. The van der Waals surface area contributed by atoms with Crippen LogP contribution in [0.5, 0.6) is 0 Å². The number of esters is 1. The monoisotopic (exact) mass is 239 g/mol. The van der Waals surface area contributed by atoms with E-state index < -0.39 is 5.97 Å². The summed E-state index contributed by atoms with van der Waals surface area (Å²) in [5.74, 6) is -0.0800. The van der Waals surface area contributed by atoms with E-state index in [1.54, 1.807) is 7.11 Å². The summed E-state index contributed by atoms with van der Waals surface area (Å²) < 4.78 is 10.1. The molecule has 96 valence electrons. The SMILES string of the molecule is COC(C)CCOC(=O)C(=CC#N)CC(C)C. The van der Waals surface area contributed by atoms with Gasteiger partial charge >= 0.3 is 5.97 Å². The van der Waals surface area contributed by atoms with Crippen molar-refractivity contribution in [1.82, 2.24) is 0 Å². The van der Waals surface area contributed by atoms with Gasteiger partial charge in [0.1, 0.15) is 0 Å². The highest BCUT2D eigenvalue weighted by Crippen LogP contribution is 2.12. The van der Waals surface area contributed by atoms with Gasteiger partial charge in [0.05, 0.1) is 18.8 Å². The van der Waals surface area contributed by atoms with Gasteiger partial charge in [-0.15, -0.1) is 0 Å². The van der Waals surface area contributed by atoms with Crippen LogP contribution < -0.4 is 0 Å². The molecule has 0 aliphatic carbocycles. The molecule has 0 fully saturated rings. The number of nitriles is 1. The Morgan fingerprint density at radius 2 is 2.06 bits per heavy atom. The van der Waals surface area contributed by atoms with Gasteiger partial charge in [0, 0.05) is 25.2 Å². The van der Waals surface area contributed by atoms with Gasteiger partial charge in [-0.25, -0.2) is 4.79 Å². The first-order valence-electron chi connectivity index (χ1n) is 5.79. The zero-order chi connectivity index (χ0) is 13.3. The van der Waals surface area contributed by atoms with E-state index in [4.69, 9.17) is 14.7 Å². The molecule has 0 aliphatic rings. The van der Waals surface area contributed by atoms with Crippen molar-refractivity contribution in [3.05, 3.63) is 11.6 Å². The summed E-state index contributed by atoms with van der Waals surface area (Å²) in [7, 11) is 1.62. The van der Waals surface area contributed by atoms with Crippen LogP contribution in [0.15, 0.2) is 11.6 Å². The molecule has 0 radical (unpaired) electrons. The van der Waals surface area contributed by atoms with Crippen molar-refractivity contribution >= 4 is 5.97 Å². The average molecular weight is 239 g/mol. The van der Waals surface area contributed by atoms with Gasteiger partial charge in [-0.3, -0.25) is 0 Å². The van der Waals surface area contributed by atoms with Crippen LogP contribution in [0.3, 0.4) is 0 Å². The van der Waals surface area contributed by atoms with E-state index in [1.807, 2.05) is 26.8 Å². The molecule has 1 unspecified atom stereocenters. The number of ether oxygens (including phenoxy) is 2. The largest absolute Gasteiger partial charge is 0.462 e. The number of allylic oxidation sites excluding steroid dienone is 1. The predicted octanol–water partition coefficient (Wildman–Crippen LogP) is 2.45. The fraction of sp³-hybridized carbons (Fsp3) is 0.692. The van der Waals surface area contributed by atoms with Crippen molar-refractivity contribution in [3.63, 3.8) is 0 Å². The topological polar surface area (TPSA) is 59.3 Å². The summed E-state index contributed by atoms with van der Waals surface area (Å²) >= 11 is 0. The molecule has 0 aliphatic heterocycles. The van der Waals surface area contributed by atoms with Gasteiger partial charge < -0.3 is 9.47 Å². The van der Waals surface area contributed by atoms with E-state index in [2.05, 4.69) is 0 Å². The first kappa shape index (κ1) is 15.7. The van der Waals surface area contributed by atoms with Gasteiger partial charge in [-0.05, 0) is 19.3 Å². The molecule has 1 atom stereocenters. The van der Waals surface area contributed by atoms with Crippen molar-refractivity contribution in [2.24, 2.45) is 5.92 Å². The molecule has 0 bridgehead atoms. The molecule has 0 amide bonds. The Bertz CT molecular complexity index is 302. The van der Waals surface area contributed by atoms with Crippen LogP contribution >= 0.6 is 0 Å². The molecule has 0 saturated heterocycles. The van der Waals surface area contributed by atoms with Crippen molar-refractivity contribution in [2.45, 2.75) is 39.7 Å². The second-order valence-electron chi connectivity index (χ2n) is 4.37. The molecular weight excluding hydrogens is 218 g/mol. The van der Waals surface area contributed by atoms with E-state index in [9.17, 15) is 4.79 Å². The maximum atomic E-state index is 11.7. The van der Waals surface area contributed by atoms with E-state index in [0.717, 1.165) is 0 Å². The van der Waals surface area contributed by atoms with Crippen LogP contribution in [0, 0.1) is 17.2 Å². The molecule has 0 rings (SSSR count). The smallest absolute Gasteiger partial charge is 0.334 e. The normalized spacial score (nSPS) is 13.3. The molecule has 0 spiro atoms. The van der Waals surface area contributed by atoms with E-state index in [-0.39, 0.29) is 6.10 Å². The second-order valence-corrected chi connectivity index (χ2v) is 4.37. The predicted molar refractivity (Wildman–Crippen MR) is 65.2 cm³/mol. The molecule has 0 aromatic carbocycles. The summed E-state index contributed by atoms with van der Waals surface area (Å²) in [6.07, 6.45) is 2.55. The van der Waals surface area contributed by atoms with Gasteiger partial charge in [-0.1, -0.05) is 13.8 Å². The second kappa shape index (κ2) is 8.77. The highest BCUT2D eigenvalue weighted by atomic mass is 16.5. The molecule has 0 aromatic rings. The Kier molecular flexibility index (Phi) is 8.08. The third kappa shape index (κ3) is 7.53. The van der Waals surface area contributed by atoms with E-state index in [0.29, 0.717) is 30.9 Å². The van der Waals surface area contributed by atoms with Crippen molar-refractivity contribution in [2.75, 3.05) is 13.7 Å². The minimum absolute atomic E-state index is 0.0660. The lowest BCUT2D eigenvalue weighted by atomic mass is 10.0. The Balaban J connectivity index is 4.17. The highest BCUT2D eigenvalue weighted by Gasteiger charge is 2.13. The van der Waals surface area contributed by atoms with Crippen LogP contribution in [0.25, 0.3) is 0 Å². The molecule has 0 N–H and O–H groups in total. The Morgan fingerprint density at radius 3 is 2.53 bits per heavy atom. The molecule has 17 heavy (non-hydrogen) atoms. The lowest BCUT2D eigenvalue weighted by Gasteiger charge is -2.11. The van der Waals surface area contributed by atoms with Gasteiger partial charge in [0.2, 0.25) is 0 Å². The molecule has 0 aromatic heterocycles. The number of carbonyl (C=O) groups excluding carboxylic acids is 1. The van der Waals surface area contributed by atoms with E-state index in [1.165, 1.54) is 6.08 Å². The third-order valence-electron chi connectivity index (χ3n) is 2.29. The zero-order valence-electron chi connectivity index (χ0n) is 11.0. The number of methoxy groups -OCH3 is 1. The zero-order valence-corrected chi connectivity index (χ0v) is 11.0. The fourth-order valence-corrected chi connectivity index (χ4v) is 1.25. The van der Waals surface area contributed by atoms with Crippen LogP contribution in [0.2, 0.25) is 0 Å². The Hall–Kier alpha value is -1.34. The van der Waals surface area contributed by atoms with Crippen LogP contribution in [-0.4, -0.2) is 25.8 Å². The van der Waals surface area contributed by atoms with Crippen LogP contribution in [-0.2, 0) is 14.3 Å². The summed E-state index contributed by atoms with van der Waals surface area (Å²) in [6, 6.07) is 1.88. The standard InChI is InChI=1S/C13H21NO3/c1-10(2)9-12(5-7-14)13(15)17-8-6-11(3)16-4/h5,10-11H,6,8-9H2,1-4H3. The summed E-state index contributed by atoms with van der Waals surface area (Å²) in [6.45, 7) is 6.21. The van der Waals surface area contributed by atoms with Gasteiger partial charge in [-0.2, -0.15) is 5.26 Å². The van der Waals surface area contributed by atoms with Gasteiger partial charge in [0.15, 0.2) is 0 Å². The summed E-state index contributed by atoms with van der Waals surface area (Å²) in [5.41, 5.74) is 0.438. The first-order valence-corrected chi connectivity index (χ1v) is 5.79. The minimum atomic E-state index is -0.399. The van der Waals surface area contributed by atoms with Crippen molar-refractivity contribution in [3.8, 4) is 6.07 Å². The Morgan fingerprint density at radius 1 is 1.41 bits per heavy atom. The number of carbonyl (C=O) groups is 1.